The molecule has 4 nitrogen and oxygen atoms in total. The predicted octanol–water partition coefficient (Wildman–Crippen LogP) is 1.46. The number of H-pyrrole nitrogens is 1. The summed E-state index contributed by atoms with van der Waals surface area (Å²) in [6.45, 7) is 0. The zero-order valence-corrected chi connectivity index (χ0v) is 8.00. The normalized spacial score (nSPS) is 7.33. The maximum atomic E-state index is 3.78. The van der Waals surface area contributed by atoms with Gasteiger partial charge >= 0.3 is 0 Å². The van der Waals surface area contributed by atoms with E-state index >= 15 is 0 Å². The summed E-state index contributed by atoms with van der Waals surface area (Å²) in [5.74, 6) is 0. The molecule has 2 rings (SSSR count). The third-order valence-corrected chi connectivity index (χ3v) is 0.898. The second-order valence-electron chi connectivity index (χ2n) is 1.68. The van der Waals surface area contributed by atoms with E-state index in [1.54, 1.807) is 24.8 Å². The van der Waals surface area contributed by atoms with E-state index in [1.165, 1.54) is 0 Å². The highest BCUT2D eigenvalue weighted by Crippen LogP contribution is 1.73. The highest BCUT2D eigenvalue weighted by Gasteiger charge is 1.58. The summed E-state index contributed by atoms with van der Waals surface area (Å²) in [7, 11) is 0. The van der Waals surface area contributed by atoms with Crippen molar-refractivity contribution < 1.29 is 0 Å². The van der Waals surface area contributed by atoms with Crippen LogP contribution in [0.4, 0.5) is 0 Å². The quantitative estimate of drug-likeness (QED) is 0.744. The Bertz CT molecular complexity index is 201. The number of aromatic nitrogens is 4. The van der Waals surface area contributed by atoms with E-state index in [4.69, 9.17) is 0 Å². The van der Waals surface area contributed by atoms with Gasteiger partial charge in [-0.3, -0.25) is 4.98 Å². The Morgan fingerprint density at radius 2 is 1.33 bits per heavy atom. The minimum atomic E-state index is 0. The van der Waals surface area contributed by atoms with Crippen molar-refractivity contribution >= 4 is 17.0 Å². The van der Waals surface area contributed by atoms with Crippen molar-refractivity contribution in [1.29, 1.82) is 0 Å². The third kappa shape index (κ3) is 5.55. The number of aromatic amines is 1. The summed E-state index contributed by atoms with van der Waals surface area (Å²) < 4.78 is 0. The van der Waals surface area contributed by atoms with Crippen molar-refractivity contribution in [2.75, 3.05) is 0 Å². The van der Waals surface area contributed by atoms with Crippen LogP contribution < -0.4 is 0 Å². The van der Waals surface area contributed by atoms with Gasteiger partial charge in [-0.25, -0.2) is 0 Å². The largest absolute Gasteiger partial charge is 0.265 e. The lowest BCUT2D eigenvalue weighted by atomic mass is 10.5. The van der Waals surface area contributed by atoms with E-state index in [2.05, 4.69) is 20.4 Å². The molecule has 1 N–H and O–H groups in total. The number of nitrogens with one attached hydrogen (secondary N) is 1. The average Bonchev–Trinajstić information content (AvgIpc) is 2.64. The molecule has 0 saturated carbocycles. The van der Waals surface area contributed by atoms with Crippen molar-refractivity contribution in [2.45, 2.75) is 0 Å². The predicted molar refractivity (Wildman–Crippen MR) is 50.9 cm³/mol. The molecule has 64 valence electrons. The maximum absolute atomic E-state index is 3.78. The van der Waals surface area contributed by atoms with Gasteiger partial charge in [0.2, 0.25) is 0 Å². The van der Waals surface area contributed by atoms with Crippen LogP contribution in [0.5, 0.6) is 0 Å². The standard InChI is InChI=1S/C5H5N.C2H3N3.BrH/c1-2-4-6-5-3-1;1-2-4-5-3-1;/h1-5H;1-2H,(H,3,4,5);1H. The van der Waals surface area contributed by atoms with Gasteiger partial charge in [-0.1, -0.05) is 6.07 Å². The van der Waals surface area contributed by atoms with E-state index in [1.807, 2.05) is 18.2 Å². The number of nitrogens with zero attached hydrogens (tertiary/aromatic N) is 3. The summed E-state index contributed by atoms with van der Waals surface area (Å²) in [6, 6.07) is 5.72. The fourth-order valence-corrected chi connectivity index (χ4v) is 0.479. The van der Waals surface area contributed by atoms with Gasteiger partial charge in [0.1, 0.15) is 0 Å². The van der Waals surface area contributed by atoms with Crippen LogP contribution >= 0.6 is 17.0 Å². The molecule has 0 fully saturated rings. The molecule has 0 atom stereocenters. The Morgan fingerprint density at radius 1 is 0.750 bits per heavy atom. The molecule has 0 saturated heterocycles. The SMILES string of the molecule is Br.c1ccncc1.c1cn[nH]n1. The lowest BCUT2D eigenvalue weighted by Gasteiger charge is -1.70. The second-order valence-corrected chi connectivity index (χ2v) is 1.68. The molecule has 0 bridgehead atoms. The van der Waals surface area contributed by atoms with Crippen LogP contribution in [0.3, 0.4) is 0 Å². The van der Waals surface area contributed by atoms with Crippen LogP contribution in [0.1, 0.15) is 0 Å². The van der Waals surface area contributed by atoms with Crippen molar-refractivity contribution in [3.05, 3.63) is 43.0 Å². The summed E-state index contributed by atoms with van der Waals surface area (Å²) >= 11 is 0. The summed E-state index contributed by atoms with van der Waals surface area (Å²) in [5, 5.41) is 9.33. The zero-order chi connectivity index (χ0) is 7.78. The molecule has 0 unspecified atom stereocenters. The van der Waals surface area contributed by atoms with E-state index in [9.17, 15) is 0 Å². The Kier molecular flexibility index (Phi) is 7.07. The second kappa shape index (κ2) is 7.87. The first-order valence-electron chi connectivity index (χ1n) is 3.15. The smallest absolute Gasteiger partial charge is 0.0690 e. The van der Waals surface area contributed by atoms with E-state index < -0.39 is 0 Å². The van der Waals surface area contributed by atoms with Crippen molar-refractivity contribution in [3.63, 3.8) is 0 Å². The molecule has 0 amide bonds. The number of hydrogen-bond acceptors (Lipinski definition) is 3. The molecule has 12 heavy (non-hydrogen) atoms. The van der Waals surface area contributed by atoms with Crippen molar-refractivity contribution in [1.82, 2.24) is 20.4 Å². The molecule has 5 heteroatoms. The first-order chi connectivity index (χ1) is 5.50. The fraction of sp³-hybridized carbons (Fsp3) is 0. The summed E-state index contributed by atoms with van der Waals surface area (Å²) in [6.07, 6.45) is 6.67. The topological polar surface area (TPSA) is 54.5 Å². The van der Waals surface area contributed by atoms with Crippen LogP contribution in [0, 0.1) is 0 Å². The highest BCUT2D eigenvalue weighted by atomic mass is 79.9. The van der Waals surface area contributed by atoms with Gasteiger partial charge in [-0.2, -0.15) is 15.4 Å². The molecule has 2 heterocycles. The van der Waals surface area contributed by atoms with E-state index in [-0.39, 0.29) is 17.0 Å². The monoisotopic (exact) mass is 228 g/mol. The first-order valence-corrected chi connectivity index (χ1v) is 3.15. The Hall–Kier alpha value is -1.23. The highest BCUT2D eigenvalue weighted by molar-refractivity contribution is 8.93. The van der Waals surface area contributed by atoms with Gasteiger partial charge in [-0.15, -0.1) is 17.0 Å². The molecule has 0 aromatic carbocycles. The van der Waals surface area contributed by atoms with Crippen LogP contribution in [0.15, 0.2) is 43.0 Å². The number of pyridine rings is 1. The third-order valence-electron chi connectivity index (χ3n) is 0.898. The Labute approximate surface area is 80.8 Å². The van der Waals surface area contributed by atoms with Gasteiger partial charge in [0.15, 0.2) is 0 Å². The summed E-state index contributed by atoms with van der Waals surface area (Å²) in [5.41, 5.74) is 0. The Morgan fingerprint density at radius 3 is 1.50 bits per heavy atom. The number of rotatable bonds is 0. The average molecular weight is 229 g/mol. The van der Waals surface area contributed by atoms with Crippen LogP contribution in [0.2, 0.25) is 0 Å². The first kappa shape index (κ1) is 10.8. The molecule has 0 aliphatic rings. The molecule has 0 spiro atoms. The molecular formula is C7H9BrN4. The molecule has 0 aliphatic heterocycles. The van der Waals surface area contributed by atoms with Crippen LogP contribution in [0.25, 0.3) is 0 Å². The van der Waals surface area contributed by atoms with Crippen LogP contribution in [-0.2, 0) is 0 Å². The van der Waals surface area contributed by atoms with E-state index in [0.717, 1.165) is 0 Å². The molecule has 0 aliphatic carbocycles. The molecular weight excluding hydrogens is 220 g/mol. The zero-order valence-electron chi connectivity index (χ0n) is 6.29. The molecule has 2 aromatic heterocycles. The Balaban J connectivity index is 0.000000189. The van der Waals surface area contributed by atoms with Crippen LogP contribution in [-0.4, -0.2) is 20.4 Å². The van der Waals surface area contributed by atoms with E-state index in [0.29, 0.717) is 0 Å². The number of halogens is 1. The molecule has 2 aromatic rings. The van der Waals surface area contributed by atoms with Gasteiger partial charge in [-0.05, 0) is 12.1 Å². The minimum Gasteiger partial charge on any atom is -0.265 e. The number of hydrogen-bond donors (Lipinski definition) is 1. The lowest BCUT2D eigenvalue weighted by Crippen LogP contribution is -1.61. The van der Waals surface area contributed by atoms with Crippen molar-refractivity contribution in [2.24, 2.45) is 0 Å². The van der Waals surface area contributed by atoms with Crippen molar-refractivity contribution in [3.8, 4) is 0 Å². The lowest BCUT2D eigenvalue weighted by molar-refractivity contribution is 0.940. The van der Waals surface area contributed by atoms with Gasteiger partial charge in [0.05, 0.1) is 12.4 Å². The maximum Gasteiger partial charge on any atom is 0.0690 e. The molecule has 0 radical (unpaired) electrons. The fourth-order valence-electron chi connectivity index (χ4n) is 0.479. The minimum absolute atomic E-state index is 0. The van der Waals surface area contributed by atoms with Gasteiger partial charge in [0.25, 0.3) is 0 Å². The summed E-state index contributed by atoms with van der Waals surface area (Å²) in [4.78, 5) is 3.78. The van der Waals surface area contributed by atoms with Gasteiger partial charge < -0.3 is 0 Å². The van der Waals surface area contributed by atoms with Gasteiger partial charge in [0, 0.05) is 12.4 Å².